The van der Waals surface area contributed by atoms with Gasteiger partial charge in [0.15, 0.2) is 0 Å². The van der Waals surface area contributed by atoms with Gasteiger partial charge in [0.2, 0.25) is 5.91 Å². The molecule has 1 unspecified atom stereocenters. The van der Waals surface area contributed by atoms with Crippen LogP contribution in [-0.2, 0) is 16.0 Å². The smallest absolute Gasteiger partial charge is 0.328 e. The number of primary amides is 1. The maximum absolute atomic E-state index is 12.0. The van der Waals surface area contributed by atoms with E-state index in [0.717, 1.165) is 12.5 Å². The molecule has 0 saturated carbocycles. The molecular weight excluding hydrogens is 302 g/mol. The fourth-order valence-electron chi connectivity index (χ4n) is 2.81. The molecule has 1 amide bonds. The van der Waals surface area contributed by atoms with Crippen LogP contribution in [0.5, 0.6) is 0 Å². The Hall–Kier alpha value is -2.64. The number of aryl methyl sites for hydroxylation is 1. The maximum Gasteiger partial charge on any atom is 0.328 e. The topological polar surface area (TPSA) is 116 Å². The maximum atomic E-state index is 12.0. The van der Waals surface area contributed by atoms with Gasteiger partial charge in [0.1, 0.15) is 11.7 Å². The molecule has 2 N–H and O–H groups in total. The Labute approximate surface area is 133 Å². The van der Waals surface area contributed by atoms with Crippen LogP contribution in [-0.4, -0.2) is 36.0 Å². The van der Waals surface area contributed by atoms with Crippen LogP contribution in [0.15, 0.2) is 12.1 Å². The van der Waals surface area contributed by atoms with Gasteiger partial charge in [-0.3, -0.25) is 14.9 Å². The molecule has 0 radical (unpaired) electrons. The largest absolute Gasteiger partial charge is 0.464 e. The SMILES string of the molecule is CCOC(=O)C(C)N1CCCc2cc(C(N)=O)cc([N+](=O)[O-])c21. The molecule has 0 fully saturated rings. The van der Waals surface area contributed by atoms with Crippen molar-refractivity contribution in [3.8, 4) is 0 Å². The molecule has 0 spiro atoms. The number of carbonyl (C=O) groups is 2. The molecule has 8 heteroatoms. The lowest BCUT2D eigenvalue weighted by molar-refractivity contribution is -0.384. The fraction of sp³-hybridized carbons (Fsp3) is 0.467. The van der Waals surface area contributed by atoms with Crippen LogP contribution < -0.4 is 10.6 Å². The first-order valence-electron chi connectivity index (χ1n) is 7.41. The van der Waals surface area contributed by atoms with Crippen molar-refractivity contribution in [1.29, 1.82) is 0 Å². The van der Waals surface area contributed by atoms with E-state index in [1.54, 1.807) is 24.8 Å². The second kappa shape index (κ2) is 6.64. The van der Waals surface area contributed by atoms with Crippen LogP contribution in [0.25, 0.3) is 0 Å². The van der Waals surface area contributed by atoms with E-state index < -0.39 is 22.8 Å². The monoisotopic (exact) mass is 321 g/mol. The Morgan fingerprint density at radius 2 is 2.17 bits per heavy atom. The van der Waals surface area contributed by atoms with Crippen molar-refractivity contribution in [2.24, 2.45) is 5.73 Å². The molecule has 2 rings (SSSR count). The minimum absolute atomic E-state index is 0.0982. The second-order valence-corrected chi connectivity index (χ2v) is 5.35. The molecule has 23 heavy (non-hydrogen) atoms. The number of carbonyl (C=O) groups excluding carboxylic acids is 2. The number of benzene rings is 1. The van der Waals surface area contributed by atoms with Gasteiger partial charge in [0.05, 0.1) is 11.5 Å². The number of anilines is 1. The minimum atomic E-state index is -0.716. The molecule has 0 aliphatic carbocycles. The molecule has 0 aromatic heterocycles. The zero-order valence-electron chi connectivity index (χ0n) is 13.1. The lowest BCUT2D eigenvalue weighted by Crippen LogP contribution is -2.43. The number of esters is 1. The highest BCUT2D eigenvalue weighted by Gasteiger charge is 2.33. The highest BCUT2D eigenvalue weighted by molar-refractivity contribution is 5.95. The summed E-state index contributed by atoms with van der Waals surface area (Å²) in [6.07, 6.45) is 1.31. The number of hydrogen-bond donors (Lipinski definition) is 1. The summed E-state index contributed by atoms with van der Waals surface area (Å²) in [6.45, 7) is 4.10. The molecule has 1 aromatic rings. The molecule has 8 nitrogen and oxygen atoms in total. The molecule has 1 atom stereocenters. The number of ether oxygens (including phenoxy) is 1. The van der Waals surface area contributed by atoms with Crippen molar-refractivity contribution in [3.63, 3.8) is 0 Å². The average molecular weight is 321 g/mol. The van der Waals surface area contributed by atoms with Crippen LogP contribution >= 0.6 is 0 Å². The summed E-state index contributed by atoms with van der Waals surface area (Å²) in [5.41, 5.74) is 6.15. The second-order valence-electron chi connectivity index (χ2n) is 5.35. The molecular formula is C15H19N3O5. The van der Waals surface area contributed by atoms with Crippen molar-refractivity contribution in [1.82, 2.24) is 0 Å². The fourth-order valence-corrected chi connectivity index (χ4v) is 2.81. The quantitative estimate of drug-likeness (QED) is 0.498. The lowest BCUT2D eigenvalue weighted by Gasteiger charge is -2.34. The predicted molar refractivity (Wildman–Crippen MR) is 83.4 cm³/mol. The summed E-state index contributed by atoms with van der Waals surface area (Å²) in [5, 5.41) is 11.4. The van der Waals surface area contributed by atoms with E-state index in [-0.39, 0.29) is 17.9 Å². The van der Waals surface area contributed by atoms with E-state index in [2.05, 4.69) is 0 Å². The first-order chi connectivity index (χ1) is 10.9. The van der Waals surface area contributed by atoms with Gasteiger partial charge >= 0.3 is 5.97 Å². The summed E-state index contributed by atoms with van der Waals surface area (Å²) < 4.78 is 5.01. The van der Waals surface area contributed by atoms with E-state index in [0.29, 0.717) is 24.2 Å². The number of amides is 1. The molecule has 1 heterocycles. The van der Waals surface area contributed by atoms with Crippen LogP contribution in [0.1, 0.15) is 36.2 Å². The summed E-state index contributed by atoms with van der Waals surface area (Å²) in [4.78, 5) is 35.9. The summed E-state index contributed by atoms with van der Waals surface area (Å²) in [6, 6.07) is 2.08. The van der Waals surface area contributed by atoms with Crippen molar-refractivity contribution in [2.75, 3.05) is 18.1 Å². The Kier molecular flexibility index (Phi) is 4.83. The van der Waals surface area contributed by atoms with Crippen LogP contribution in [0.4, 0.5) is 11.4 Å². The number of hydrogen-bond acceptors (Lipinski definition) is 6. The van der Waals surface area contributed by atoms with Crippen molar-refractivity contribution in [3.05, 3.63) is 33.4 Å². The number of rotatable bonds is 5. The van der Waals surface area contributed by atoms with Gasteiger partial charge in [-0.2, -0.15) is 0 Å². The van der Waals surface area contributed by atoms with E-state index in [1.165, 1.54) is 0 Å². The van der Waals surface area contributed by atoms with Gasteiger partial charge < -0.3 is 15.4 Å². The Bertz CT molecular complexity index is 659. The van der Waals surface area contributed by atoms with E-state index in [1.807, 2.05) is 0 Å². The zero-order chi connectivity index (χ0) is 17.1. The number of fused-ring (bicyclic) bond motifs is 1. The summed E-state index contributed by atoms with van der Waals surface area (Å²) in [5.74, 6) is -1.15. The number of nitrogens with two attached hydrogens (primary N) is 1. The Balaban J connectivity index is 2.53. The highest BCUT2D eigenvalue weighted by atomic mass is 16.6. The molecule has 1 aromatic carbocycles. The molecule has 0 bridgehead atoms. The van der Waals surface area contributed by atoms with E-state index in [4.69, 9.17) is 10.5 Å². The van der Waals surface area contributed by atoms with E-state index >= 15 is 0 Å². The zero-order valence-corrected chi connectivity index (χ0v) is 13.1. The summed E-state index contributed by atoms with van der Waals surface area (Å²) >= 11 is 0. The Morgan fingerprint density at radius 1 is 1.48 bits per heavy atom. The molecule has 0 saturated heterocycles. The van der Waals surface area contributed by atoms with Gasteiger partial charge in [0.25, 0.3) is 5.69 Å². The van der Waals surface area contributed by atoms with E-state index in [9.17, 15) is 19.7 Å². The standard InChI is InChI=1S/C15H19N3O5/c1-3-23-15(20)9(2)17-6-4-5-10-7-11(14(16)19)8-12(13(10)17)18(21)22/h7-9H,3-6H2,1-2H3,(H2,16,19). The van der Waals surface area contributed by atoms with Crippen LogP contribution in [0, 0.1) is 10.1 Å². The number of nitro benzene ring substituents is 1. The van der Waals surface area contributed by atoms with Gasteiger partial charge in [0, 0.05) is 18.2 Å². The first-order valence-corrected chi connectivity index (χ1v) is 7.41. The minimum Gasteiger partial charge on any atom is -0.464 e. The Morgan fingerprint density at radius 3 is 2.74 bits per heavy atom. The van der Waals surface area contributed by atoms with Gasteiger partial charge in [-0.25, -0.2) is 4.79 Å². The lowest BCUT2D eigenvalue weighted by atomic mass is 9.96. The highest BCUT2D eigenvalue weighted by Crippen LogP contribution is 2.38. The predicted octanol–water partition coefficient (Wildman–Crippen LogP) is 1.40. The third-order valence-corrected chi connectivity index (χ3v) is 3.88. The van der Waals surface area contributed by atoms with Crippen molar-refractivity contribution in [2.45, 2.75) is 32.7 Å². The molecule has 1 aliphatic heterocycles. The third-order valence-electron chi connectivity index (χ3n) is 3.88. The first kappa shape index (κ1) is 16.7. The third kappa shape index (κ3) is 3.25. The van der Waals surface area contributed by atoms with Crippen molar-refractivity contribution < 1.29 is 19.2 Å². The molecule has 124 valence electrons. The number of nitrogens with zero attached hydrogens (tertiary/aromatic N) is 2. The van der Waals surface area contributed by atoms with Gasteiger partial charge in [-0.15, -0.1) is 0 Å². The van der Waals surface area contributed by atoms with Crippen LogP contribution in [0.3, 0.4) is 0 Å². The summed E-state index contributed by atoms with van der Waals surface area (Å²) in [7, 11) is 0. The number of nitro groups is 1. The van der Waals surface area contributed by atoms with Crippen LogP contribution in [0.2, 0.25) is 0 Å². The van der Waals surface area contributed by atoms with Gasteiger partial charge in [-0.05, 0) is 38.3 Å². The molecule has 1 aliphatic rings. The normalized spacial score (nSPS) is 14.8. The van der Waals surface area contributed by atoms with Gasteiger partial charge in [-0.1, -0.05) is 0 Å². The van der Waals surface area contributed by atoms with Crippen molar-refractivity contribution >= 4 is 23.3 Å². The average Bonchev–Trinajstić information content (AvgIpc) is 2.52.